The number of carbonyl (C=O) groups excluding carboxylic acids is 1. The van der Waals surface area contributed by atoms with Gasteiger partial charge >= 0.3 is 0 Å². The van der Waals surface area contributed by atoms with Crippen LogP contribution in [0.25, 0.3) is 0 Å². The van der Waals surface area contributed by atoms with Crippen LogP contribution in [0.15, 0.2) is 12.3 Å². The summed E-state index contributed by atoms with van der Waals surface area (Å²) in [6.45, 7) is 14.3. The fourth-order valence-electron chi connectivity index (χ4n) is 2.91. The lowest BCUT2D eigenvalue weighted by molar-refractivity contribution is -0.128. The van der Waals surface area contributed by atoms with E-state index in [0.29, 0.717) is 12.5 Å². The number of hydrogen-bond acceptors (Lipinski definition) is 3. The minimum Gasteiger partial charge on any atom is -0.297 e. The summed E-state index contributed by atoms with van der Waals surface area (Å²) in [5.41, 5.74) is 0.453. The maximum absolute atomic E-state index is 12.6. The largest absolute Gasteiger partial charge is 0.297 e. The molecule has 0 saturated heterocycles. The standard InChI is InChI=1S/C17H31N3O/c1-7-15(8-2)20-12-11-14(18-20)13-16(21)17(5,6)19(9-3)10-4/h11-12,15H,7-10,13H2,1-6H3. The van der Waals surface area contributed by atoms with E-state index in [1.807, 2.05) is 30.8 Å². The van der Waals surface area contributed by atoms with Crippen molar-refractivity contribution in [2.24, 2.45) is 0 Å². The molecule has 0 aromatic carbocycles. The molecule has 4 nitrogen and oxygen atoms in total. The van der Waals surface area contributed by atoms with Crippen molar-refractivity contribution < 1.29 is 4.79 Å². The Morgan fingerprint density at radius 2 is 1.81 bits per heavy atom. The zero-order valence-electron chi connectivity index (χ0n) is 14.5. The summed E-state index contributed by atoms with van der Waals surface area (Å²) in [5.74, 6) is 0.237. The van der Waals surface area contributed by atoms with Crippen LogP contribution < -0.4 is 0 Å². The Hall–Kier alpha value is -1.16. The third-order valence-corrected chi connectivity index (χ3v) is 4.56. The molecule has 0 aliphatic heterocycles. The number of carbonyl (C=O) groups is 1. The molecule has 0 amide bonds. The molecular weight excluding hydrogens is 262 g/mol. The number of aromatic nitrogens is 2. The van der Waals surface area contributed by atoms with Crippen LogP contribution in [0, 0.1) is 0 Å². The first-order valence-electron chi connectivity index (χ1n) is 8.22. The number of ketones is 1. The summed E-state index contributed by atoms with van der Waals surface area (Å²) in [7, 11) is 0. The number of likely N-dealkylation sites (N-methyl/N-ethyl adjacent to an activating group) is 1. The smallest absolute Gasteiger partial charge is 0.158 e. The van der Waals surface area contributed by atoms with E-state index in [0.717, 1.165) is 31.6 Å². The van der Waals surface area contributed by atoms with E-state index < -0.39 is 5.54 Å². The zero-order chi connectivity index (χ0) is 16.0. The van der Waals surface area contributed by atoms with Gasteiger partial charge in [-0.3, -0.25) is 14.4 Å². The predicted octanol–water partition coefficient (Wildman–Crippen LogP) is 3.48. The molecule has 0 radical (unpaired) electrons. The van der Waals surface area contributed by atoms with Crippen molar-refractivity contribution in [3.8, 4) is 0 Å². The monoisotopic (exact) mass is 293 g/mol. The van der Waals surface area contributed by atoms with Gasteiger partial charge < -0.3 is 0 Å². The molecule has 4 heteroatoms. The summed E-state index contributed by atoms with van der Waals surface area (Å²) in [6.07, 6.45) is 4.55. The van der Waals surface area contributed by atoms with Crippen LogP contribution in [-0.4, -0.2) is 39.1 Å². The van der Waals surface area contributed by atoms with Gasteiger partial charge in [0.1, 0.15) is 0 Å². The average molecular weight is 293 g/mol. The molecule has 1 aromatic rings. The number of rotatable bonds is 9. The van der Waals surface area contributed by atoms with Crippen LogP contribution in [0.5, 0.6) is 0 Å². The Kier molecular flexibility index (Phi) is 6.59. The van der Waals surface area contributed by atoms with Crippen LogP contribution >= 0.6 is 0 Å². The van der Waals surface area contributed by atoms with Gasteiger partial charge in [0.25, 0.3) is 0 Å². The van der Waals surface area contributed by atoms with Gasteiger partial charge in [0.05, 0.1) is 23.7 Å². The Morgan fingerprint density at radius 1 is 1.24 bits per heavy atom. The molecule has 0 N–H and O–H groups in total. The minimum atomic E-state index is -0.428. The fourth-order valence-corrected chi connectivity index (χ4v) is 2.91. The molecule has 21 heavy (non-hydrogen) atoms. The molecule has 1 heterocycles. The van der Waals surface area contributed by atoms with Gasteiger partial charge in [0, 0.05) is 6.20 Å². The third-order valence-electron chi connectivity index (χ3n) is 4.56. The molecule has 120 valence electrons. The van der Waals surface area contributed by atoms with E-state index in [-0.39, 0.29) is 5.78 Å². The Bertz CT molecular complexity index is 443. The molecule has 0 atom stereocenters. The lowest BCUT2D eigenvalue weighted by atomic mass is 9.93. The van der Waals surface area contributed by atoms with E-state index in [4.69, 9.17) is 0 Å². The van der Waals surface area contributed by atoms with Crippen molar-refractivity contribution in [1.29, 1.82) is 0 Å². The SMILES string of the molecule is CCC(CC)n1ccc(CC(=O)C(C)(C)N(CC)CC)n1. The second-order valence-electron chi connectivity index (χ2n) is 6.09. The van der Waals surface area contributed by atoms with Crippen molar-refractivity contribution >= 4 is 5.78 Å². The van der Waals surface area contributed by atoms with Gasteiger partial charge in [0.15, 0.2) is 5.78 Å². The molecule has 0 saturated carbocycles. The number of hydrogen-bond donors (Lipinski definition) is 0. The first-order chi connectivity index (χ1) is 9.90. The third kappa shape index (κ3) is 4.16. The second-order valence-corrected chi connectivity index (χ2v) is 6.09. The van der Waals surface area contributed by atoms with Crippen LogP contribution in [0.4, 0.5) is 0 Å². The van der Waals surface area contributed by atoms with Crippen LogP contribution in [0.1, 0.15) is 66.1 Å². The maximum atomic E-state index is 12.6. The maximum Gasteiger partial charge on any atom is 0.158 e. The molecule has 0 fully saturated rings. The summed E-state index contributed by atoms with van der Waals surface area (Å²) in [6, 6.07) is 2.42. The number of Topliss-reactive ketones (excluding diaryl/α,β-unsaturated/α-hetero) is 1. The average Bonchev–Trinajstić information content (AvgIpc) is 2.89. The van der Waals surface area contributed by atoms with Gasteiger partial charge in [-0.25, -0.2) is 0 Å². The fraction of sp³-hybridized carbons (Fsp3) is 0.765. The normalized spacial score (nSPS) is 12.4. The lowest BCUT2D eigenvalue weighted by Gasteiger charge is -2.35. The first-order valence-corrected chi connectivity index (χ1v) is 8.22. The number of nitrogens with zero attached hydrogens (tertiary/aromatic N) is 3. The summed E-state index contributed by atoms with van der Waals surface area (Å²) in [5, 5.41) is 4.59. The van der Waals surface area contributed by atoms with Gasteiger partial charge in [0.2, 0.25) is 0 Å². The molecule has 1 rings (SSSR count). The summed E-state index contributed by atoms with van der Waals surface area (Å²) < 4.78 is 2.01. The van der Waals surface area contributed by atoms with Gasteiger partial charge in [-0.15, -0.1) is 0 Å². The Morgan fingerprint density at radius 3 is 2.29 bits per heavy atom. The van der Waals surface area contributed by atoms with Crippen LogP contribution in [0.3, 0.4) is 0 Å². The van der Waals surface area contributed by atoms with Crippen molar-refractivity contribution in [1.82, 2.24) is 14.7 Å². The summed E-state index contributed by atoms with van der Waals surface area (Å²) in [4.78, 5) is 14.8. The van der Waals surface area contributed by atoms with E-state index >= 15 is 0 Å². The first kappa shape index (κ1) is 17.9. The highest BCUT2D eigenvalue weighted by Gasteiger charge is 2.32. The summed E-state index contributed by atoms with van der Waals surface area (Å²) >= 11 is 0. The Labute approximate surface area is 129 Å². The molecule has 1 aromatic heterocycles. The zero-order valence-corrected chi connectivity index (χ0v) is 14.5. The molecule has 0 bridgehead atoms. The Balaban J connectivity index is 2.79. The van der Waals surface area contributed by atoms with Gasteiger partial charge in [-0.1, -0.05) is 27.7 Å². The highest BCUT2D eigenvalue weighted by Crippen LogP contribution is 2.19. The van der Waals surface area contributed by atoms with Gasteiger partial charge in [-0.05, 0) is 45.8 Å². The predicted molar refractivity (Wildman–Crippen MR) is 87.6 cm³/mol. The second kappa shape index (κ2) is 7.74. The quantitative estimate of drug-likeness (QED) is 0.699. The van der Waals surface area contributed by atoms with Crippen molar-refractivity contribution in [2.75, 3.05) is 13.1 Å². The van der Waals surface area contributed by atoms with E-state index in [1.165, 1.54) is 0 Å². The van der Waals surface area contributed by atoms with Crippen LogP contribution in [-0.2, 0) is 11.2 Å². The van der Waals surface area contributed by atoms with Gasteiger partial charge in [-0.2, -0.15) is 5.10 Å². The lowest BCUT2D eigenvalue weighted by Crippen LogP contribution is -2.50. The van der Waals surface area contributed by atoms with Crippen LogP contribution in [0.2, 0.25) is 0 Å². The van der Waals surface area contributed by atoms with Crippen molar-refractivity contribution in [3.05, 3.63) is 18.0 Å². The van der Waals surface area contributed by atoms with Crippen molar-refractivity contribution in [3.63, 3.8) is 0 Å². The molecule has 0 aliphatic carbocycles. The van der Waals surface area contributed by atoms with E-state index in [2.05, 4.69) is 37.7 Å². The molecule has 0 unspecified atom stereocenters. The van der Waals surface area contributed by atoms with E-state index in [1.54, 1.807) is 0 Å². The highest BCUT2D eigenvalue weighted by molar-refractivity contribution is 5.89. The van der Waals surface area contributed by atoms with Crippen molar-refractivity contribution in [2.45, 2.75) is 72.4 Å². The minimum absolute atomic E-state index is 0.237. The highest BCUT2D eigenvalue weighted by atomic mass is 16.1. The molecule has 0 aliphatic rings. The molecule has 0 spiro atoms. The molecular formula is C17H31N3O. The van der Waals surface area contributed by atoms with E-state index in [9.17, 15) is 4.79 Å². The topological polar surface area (TPSA) is 38.1 Å².